The third kappa shape index (κ3) is 3.36. The van der Waals surface area contributed by atoms with Crippen LogP contribution in [-0.4, -0.2) is 29.9 Å². The van der Waals surface area contributed by atoms with Crippen LogP contribution in [0.5, 0.6) is 0 Å². The van der Waals surface area contributed by atoms with Gasteiger partial charge >= 0.3 is 11.9 Å². The molecule has 0 bridgehead atoms. The Balaban J connectivity index is 2.02. The molecule has 0 aliphatic carbocycles. The van der Waals surface area contributed by atoms with Crippen molar-refractivity contribution in [2.24, 2.45) is 0 Å². The molecule has 1 aliphatic rings. The Morgan fingerprint density at radius 1 is 1.30 bits per heavy atom. The lowest BCUT2D eigenvalue weighted by molar-refractivity contribution is -0.132. The second kappa shape index (κ2) is 6.73. The molecule has 1 atom stereocenters. The lowest BCUT2D eigenvalue weighted by Crippen LogP contribution is -2.41. The van der Waals surface area contributed by atoms with E-state index >= 15 is 0 Å². The van der Waals surface area contributed by atoms with E-state index in [2.05, 4.69) is 10.9 Å². The first kappa shape index (κ1) is 14.1. The molecule has 0 saturated carbocycles. The van der Waals surface area contributed by atoms with E-state index in [9.17, 15) is 4.79 Å². The van der Waals surface area contributed by atoms with Gasteiger partial charge < -0.3 is 9.74 Å². The van der Waals surface area contributed by atoms with Crippen molar-refractivity contribution in [3.8, 4) is 6.07 Å². The van der Waals surface area contributed by atoms with Gasteiger partial charge in [-0.3, -0.25) is 4.79 Å². The van der Waals surface area contributed by atoms with Gasteiger partial charge in [-0.05, 0) is 37.0 Å². The summed E-state index contributed by atoms with van der Waals surface area (Å²) in [5.41, 5.74) is 1.52. The average Bonchev–Trinajstić information content (AvgIpc) is 2.53. The van der Waals surface area contributed by atoms with E-state index in [1.54, 1.807) is 12.1 Å². The number of benzene rings is 1. The Labute approximate surface area is 119 Å². The van der Waals surface area contributed by atoms with Crippen LogP contribution in [-0.2, 0) is 11.2 Å². The maximum atomic E-state index is 12.3. The molecule has 1 aromatic carbocycles. The summed E-state index contributed by atoms with van der Waals surface area (Å²) in [6.07, 6.45) is 3.66. The van der Waals surface area contributed by atoms with Crippen LogP contribution in [0.3, 0.4) is 0 Å². The average molecular weight is 267 g/mol. The maximum absolute atomic E-state index is 12.3. The number of rotatable bonds is 3. The number of nitrogens with zero attached hydrogens (tertiary/aromatic N) is 3. The van der Waals surface area contributed by atoms with Crippen LogP contribution in [0.4, 0.5) is 0 Å². The van der Waals surface area contributed by atoms with Crippen LogP contribution >= 0.6 is 0 Å². The number of carbonyl (C=O) groups excluding carboxylic acids is 1. The lowest BCUT2D eigenvalue weighted by Gasteiger charge is -2.26. The highest BCUT2D eigenvalue weighted by Gasteiger charge is 2.29. The first-order chi connectivity index (χ1) is 9.74. The van der Waals surface area contributed by atoms with Crippen molar-refractivity contribution in [3.63, 3.8) is 0 Å². The number of amides is 1. The predicted octanol–water partition coefficient (Wildman–Crippen LogP) is 2.40. The van der Waals surface area contributed by atoms with E-state index in [1.165, 1.54) is 6.42 Å². The standard InChI is InChI=1S/C16H17N3O/c1-18-15(16(20)19-9-3-2-4-10-19)11-13-5-7-14(12-17)8-6-13/h5-8,15H,2-4,9-11H2. The highest BCUT2D eigenvalue weighted by atomic mass is 16.2. The van der Waals surface area contributed by atoms with Gasteiger partial charge in [0.1, 0.15) is 0 Å². The van der Waals surface area contributed by atoms with E-state index in [1.807, 2.05) is 17.0 Å². The fraction of sp³-hybridized carbons (Fsp3) is 0.438. The van der Waals surface area contributed by atoms with E-state index < -0.39 is 6.04 Å². The van der Waals surface area contributed by atoms with Gasteiger partial charge in [-0.25, -0.2) is 6.57 Å². The van der Waals surface area contributed by atoms with E-state index in [0.717, 1.165) is 31.5 Å². The van der Waals surface area contributed by atoms with Crippen molar-refractivity contribution in [3.05, 3.63) is 46.8 Å². The second-order valence-corrected chi connectivity index (χ2v) is 5.04. The molecule has 1 amide bonds. The van der Waals surface area contributed by atoms with Gasteiger partial charge in [0.05, 0.1) is 18.1 Å². The number of hydrogen-bond donors (Lipinski definition) is 0. The Bertz CT molecular complexity index is 545. The molecule has 1 fully saturated rings. The summed E-state index contributed by atoms with van der Waals surface area (Å²) >= 11 is 0. The smallest absolute Gasteiger partial charge is 0.306 e. The maximum Gasteiger partial charge on any atom is 0.306 e. The molecular formula is C16H17N3O. The van der Waals surface area contributed by atoms with E-state index in [0.29, 0.717) is 12.0 Å². The molecule has 1 unspecified atom stereocenters. The Kier molecular flexibility index (Phi) is 4.74. The van der Waals surface area contributed by atoms with Gasteiger partial charge in [0.15, 0.2) is 0 Å². The van der Waals surface area contributed by atoms with Crippen LogP contribution in [0.2, 0.25) is 0 Å². The number of piperidine rings is 1. The molecule has 0 spiro atoms. The first-order valence-corrected chi connectivity index (χ1v) is 6.89. The minimum absolute atomic E-state index is 0.0518. The summed E-state index contributed by atoms with van der Waals surface area (Å²) in [7, 11) is 0. The zero-order valence-electron chi connectivity index (χ0n) is 11.4. The highest BCUT2D eigenvalue weighted by Crippen LogP contribution is 2.14. The van der Waals surface area contributed by atoms with Crippen LogP contribution < -0.4 is 0 Å². The van der Waals surface area contributed by atoms with Gasteiger partial charge in [-0.1, -0.05) is 12.1 Å². The summed E-state index contributed by atoms with van der Waals surface area (Å²) in [5, 5.41) is 8.76. The summed E-state index contributed by atoms with van der Waals surface area (Å²) in [6, 6.07) is 8.51. The molecule has 1 aromatic rings. The Morgan fingerprint density at radius 3 is 2.50 bits per heavy atom. The first-order valence-electron chi connectivity index (χ1n) is 6.89. The van der Waals surface area contributed by atoms with Gasteiger partial charge in [-0.15, -0.1) is 0 Å². The van der Waals surface area contributed by atoms with Crippen molar-refractivity contribution in [2.45, 2.75) is 31.7 Å². The molecule has 20 heavy (non-hydrogen) atoms. The number of nitriles is 1. The summed E-state index contributed by atoms with van der Waals surface area (Å²) < 4.78 is 0. The minimum Gasteiger partial charge on any atom is -0.336 e. The minimum atomic E-state index is -0.638. The second-order valence-electron chi connectivity index (χ2n) is 5.04. The molecule has 4 nitrogen and oxygen atoms in total. The van der Waals surface area contributed by atoms with Gasteiger partial charge in [0, 0.05) is 13.1 Å². The van der Waals surface area contributed by atoms with Gasteiger partial charge in [-0.2, -0.15) is 5.26 Å². The summed E-state index contributed by atoms with van der Waals surface area (Å²) in [5.74, 6) is -0.0518. The predicted molar refractivity (Wildman–Crippen MR) is 75.7 cm³/mol. The Hall–Kier alpha value is -2.33. The third-order valence-corrected chi connectivity index (χ3v) is 3.62. The van der Waals surface area contributed by atoms with Crippen molar-refractivity contribution >= 4 is 5.91 Å². The normalized spacial score (nSPS) is 16.0. The van der Waals surface area contributed by atoms with Crippen molar-refractivity contribution < 1.29 is 4.79 Å². The zero-order chi connectivity index (χ0) is 14.4. The SMILES string of the molecule is [C-]#[N+]C(Cc1ccc(C#N)cc1)C(=O)N1CCCCC1. The molecule has 2 rings (SSSR count). The molecule has 102 valence electrons. The topological polar surface area (TPSA) is 48.5 Å². The largest absolute Gasteiger partial charge is 0.336 e. The van der Waals surface area contributed by atoms with Crippen molar-refractivity contribution in [2.75, 3.05) is 13.1 Å². The molecule has 4 heteroatoms. The summed E-state index contributed by atoms with van der Waals surface area (Å²) in [4.78, 5) is 17.6. The molecule has 1 saturated heterocycles. The number of hydrogen-bond acceptors (Lipinski definition) is 2. The number of likely N-dealkylation sites (tertiary alicyclic amines) is 1. The monoisotopic (exact) mass is 267 g/mol. The number of carbonyl (C=O) groups is 1. The molecule has 0 radical (unpaired) electrons. The van der Waals surface area contributed by atoms with Gasteiger partial charge in [0.2, 0.25) is 0 Å². The molecule has 0 N–H and O–H groups in total. The van der Waals surface area contributed by atoms with Crippen molar-refractivity contribution in [1.29, 1.82) is 5.26 Å². The van der Waals surface area contributed by atoms with Gasteiger partial charge in [0.25, 0.3) is 0 Å². The lowest BCUT2D eigenvalue weighted by atomic mass is 10.0. The fourth-order valence-corrected chi connectivity index (χ4v) is 2.45. The quantitative estimate of drug-likeness (QED) is 0.790. The summed E-state index contributed by atoms with van der Waals surface area (Å²) in [6.45, 7) is 8.81. The molecule has 1 aliphatic heterocycles. The van der Waals surface area contributed by atoms with E-state index in [4.69, 9.17) is 11.8 Å². The zero-order valence-corrected chi connectivity index (χ0v) is 11.4. The molecular weight excluding hydrogens is 250 g/mol. The van der Waals surface area contributed by atoms with Crippen molar-refractivity contribution in [1.82, 2.24) is 4.90 Å². The van der Waals surface area contributed by atoms with Crippen LogP contribution in [0.1, 0.15) is 30.4 Å². The third-order valence-electron chi connectivity index (χ3n) is 3.62. The van der Waals surface area contributed by atoms with E-state index in [-0.39, 0.29) is 5.91 Å². The molecule has 0 aromatic heterocycles. The van der Waals surface area contributed by atoms with Crippen LogP contribution in [0.25, 0.3) is 4.85 Å². The van der Waals surface area contributed by atoms with Crippen LogP contribution in [0.15, 0.2) is 24.3 Å². The van der Waals surface area contributed by atoms with Crippen LogP contribution in [0, 0.1) is 17.9 Å². The fourth-order valence-electron chi connectivity index (χ4n) is 2.45. The Morgan fingerprint density at radius 2 is 1.95 bits per heavy atom. The highest BCUT2D eigenvalue weighted by molar-refractivity contribution is 5.84. The molecule has 1 heterocycles.